The lowest BCUT2D eigenvalue weighted by Crippen LogP contribution is -2.29. The first-order valence-electron chi connectivity index (χ1n) is 5.08. The number of thioether (sulfide) groups is 1. The van der Waals surface area contributed by atoms with E-state index in [4.69, 9.17) is 5.73 Å². The van der Waals surface area contributed by atoms with Crippen LogP contribution < -0.4 is 10.6 Å². The summed E-state index contributed by atoms with van der Waals surface area (Å²) in [5, 5.41) is 0. The molecule has 0 saturated heterocycles. The van der Waals surface area contributed by atoms with Crippen molar-refractivity contribution in [2.45, 2.75) is 18.2 Å². The van der Waals surface area contributed by atoms with Gasteiger partial charge in [0.1, 0.15) is 0 Å². The minimum Gasteiger partial charge on any atom is -0.399 e. The largest absolute Gasteiger partial charge is 0.399 e. The fourth-order valence-electron chi connectivity index (χ4n) is 1.79. The Bertz CT molecular complexity index is 325. The molecule has 0 radical (unpaired) electrons. The molecule has 1 heterocycles. The maximum absolute atomic E-state index is 5.80. The van der Waals surface area contributed by atoms with Gasteiger partial charge >= 0.3 is 0 Å². The van der Waals surface area contributed by atoms with Gasteiger partial charge in [-0.05, 0) is 24.6 Å². The average molecular weight is 208 g/mol. The number of benzene rings is 1. The fraction of sp³-hybridized carbons (Fsp3) is 0.455. The second kappa shape index (κ2) is 4.13. The molecule has 2 nitrogen and oxygen atoms in total. The van der Waals surface area contributed by atoms with Crippen LogP contribution in [0.5, 0.6) is 0 Å². The summed E-state index contributed by atoms with van der Waals surface area (Å²) in [6.45, 7) is 4.50. The van der Waals surface area contributed by atoms with Gasteiger partial charge in [0.05, 0.1) is 5.69 Å². The van der Waals surface area contributed by atoms with E-state index < -0.39 is 0 Å². The molecule has 3 heteroatoms. The van der Waals surface area contributed by atoms with E-state index in [1.54, 1.807) is 0 Å². The molecule has 2 rings (SSSR count). The van der Waals surface area contributed by atoms with Gasteiger partial charge in [0, 0.05) is 29.4 Å². The summed E-state index contributed by atoms with van der Waals surface area (Å²) >= 11 is 1.93. The maximum Gasteiger partial charge on any atom is 0.0525 e. The lowest BCUT2D eigenvalue weighted by atomic mass is 10.2. The number of rotatable bonds is 2. The van der Waals surface area contributed by atoms with Crippen molar-refractivity contribution in [3.05, 3.63) is 18.2 Å². The van der Waals surface area contributed by atoms with Crippen molar-refractivity contribution in [3.63, 3.8) is 0 Å². The highest BCUT2D eigenvalue weighted by molar-refractivity contribution is 7.99. The van der Waals surface area contributed by atoms with Crippen molar-refractivity contribution >= 4 is 23.1 Å². The lowest BCUT2D eigenvalue weighted by molar-refractivity contribution is 0.781. The van der Waals surface area contributed by atoms with Gasteiger partial charge in [0.2, 0.25) is 0 Å². The van der Waals surface area contributed by atoms with Crippen molar-refractivity contribution in [2.24, 2.45) is 0 Å². The van der Waals surface area contributed by atoms with Gasteiger partial charge in [0.15, 0.2) is 0 Å². The van der Waals surface area contributed by atoms with Crippen LogP contribution in [0.25, 0.3) is 0 Å². The van der Waals surface area contributed by atoms with Crippen LogP contribution in [0.4, 0.5) is 11.4 Å². The molecule has 0 unspecified atom stereocenters. The molecule has 0 bridgehead atoms. The second-order valence-corrected chi connectivity index (χ2v) is 4.70. The Kier molecular flexibility index (Phi) is 2.87. The van der Waals surface area contributed by atoms with Crippen molar-refractivity contribution in [1.29, 1.82) is 0 Å². The molecule has 1 aromatic carbocycles. The van der Waals surface area contributed by atoms with Gasteiger partial charge < -0.3 is 10.6 Å². The van der Waals surface area contributed by atoms with Gasteiger partial charge in [-0.15, -0.1) is 11.8 Å². The Morgan fingerprint density at radius 3 is 3.14 bits per heavy atom. The molecule has 0 aromatic heterocycles. The molecule has 2 N–H and O–H groups in total. The van der Waals surface area contributed by atoms with Crippen molar-refractivity contribution in [1.82, 2.24) is 0 Å². The topological polar surface area (TPSA) is 29.3 Å². The molecule has 76 valence electrons. The van der Waals surface area contributed by atoms with E-state index in [1.807, 2.05) is 17.8 Å². The zero-order valence-corrected chi connectivity index (χ0v) is 9.31. The minimum absolute atomic E-state index is 0.868. The van der Waals surface area contributed by atoms with Gasteiger partial charge in [-0.3, -0.25) is 0 Å². The predicted octanol–water partition coefficient (Wildman–Crippen LogP) is 2.59. The van der Waals surface area contributed by atoms with Crippen LogP contribution in [-0.2, 0) is 0 Å². The molecule has 1 aromatic rings. The third-order valence-corrected chi connectivity index (χ3v) is 3.48. The Morgan fingerprint density at radius 2 is 2.36 bits per heavy atom. The van der Waals surface area contributed by atoms with Crippen LogP contribution in [-0.4, -0.2) is 18.8 Å². The fourth-order valence-corrected chi connectivity index (χ4v) is 2.82. The summed E-state index contributed by atoms with van der Waals surface area (Å²) in [7, 11) is 0. The smallest absolute Gasteiger partial charge is 0.0525 e. The standard InChI is InChI=1S/C11H16N2S/c1-2-5-13-6-7-14-11-4-3-9(12)8-10(11)13/h3-4,8H,2,5-7,12H2,1H3. The predicted molar refractivity (Wildman–Crippen MR) is 64.1 cm³/mol. The van der Waals surface area contributed by atoms with Crippen molar-refractivity contribution in [3.8, 4) is 0 Å². The molecule has 0 amide bonds. The Balaban J connectivity index is 2.32. The van der Waals surface area contributed by atoms with E-state index in [-0.39, 0.29) is 0 Å². The molecule has 1 aliphatic rings. The van der Waals surface area contributed by atoms with Gasteiger partial charge in [-0.1, -0.05) is 6.92 Å². The molecular formula is C11H16N2S. The Hall–Kier alpha value is -0.830. The summed E-state index contributed by atoms with van der Waals surface area (Å²) in [4.78, 5) is 3.81. The van der Waals surface area contributed by atoms with Gasteiger partial charge in [-0.25, -0.2) is 0 Å². The molecule has 14 heavy (non-hydrogen) atoms. The van der Waals surface area contributed by atoms with E-state index >= 15 is 0 Å². The van der Waals surface area contributed by atoms with Crippen molar-refractivity contribution < 1.29 is 0 Å². The first-order chi connectivity index (χ1) is 6.81. The maximum atomic E-state index is 5.80. The minimum atomic E-state index is 0.868. The number of nitrogens with two attached hydrogens (primary N) is 1. The molecule has 1 aliphatic heterocycles. The van der Waals surface area contributed by atoms with Gasteiger partial charge in [-0.2, -0.15) is 0 Å². The van der Waals surface area contributed by atoms with Crippen LogP contribution in [0.3, 0.4) is 0 Å². The summed E-state index contributed by atoms with van der Waals surface area (Å²) in [6, 6.07) is 6.22. The van der Waals surface area contributed by atoms with Crippen molar-refractivity contribution in [2.75, 3.05) is 29.5 Å². The van der Waals surface area contributed by atoms with Crippen LogP contribution in [0.1, 0.15) is 13.3 Å². The average Bonchev–Trinajstić information content (AvgIpc) is 2.19. The van der Waals surface area contributed by atoms with E-state index in [0.717, 1.165) is 18.8 Å². The Morgan fingerprint density at radius 1 is 1.50 bits per heavy atom. The molecule has 0 saturated carbocycles. The van der Waals surface area contributed by atoms with E-state index in [2.05, 4.69) is 24.0 Å². The number of hydrogen-bond acceptors (Lipinski definition) is 3. The summed E-state index contributed by atoms with van der Waals surface area (Å²) in [5.41, 5.74) is 7.99. The monoisotopic (exact) mass is 208 g/mol. The highest BCUT2D eigenvalue weighted by Gasteiger charge is 2.16. The zero-order valence-electron chi connectivity index (χ0n) is 8.49. The van der Waals surface area contributed by atoms with Crippen LogP contribution in [0.15, 0.2) is 23.1 Å². The quantitative estimate of drug-likeness (QED) is 0.757. The molecule has 0 atom stereocenters. The molecule has 0 aliphatic carbocycles. The number of anilines is 2. The SMILES string of the molecule is CCCN1CCSc2ccc(N)cc21. The molecule has 0 spiro atoms. The number of hydrogen-bond donors (Lipinski definition) is 1. The Labute approximate surface area is 89.5 Å². The molecular weight excluding hydrogens is 192 g/mol. The normalized spacial score (nSPS) is 15.4. The highest BCUT2D eigenvalue weighted by atomic mass is 32.2. The van der Waals surface area contributed by atoms with E-state index in [0.29, 0.717) is 0 Å². The summed E-state index contributed by atoms with van der Waals surface area (Å²) in [5.74, 6) is 1.19. The number of nitrogen functional groups attached to an aromatic ring is 1. The van der Waals surface area contributed by atoms with Gasteiger partial charge in [0.25, 0.3) is 0 Å². The summed E-state index contributed by atoms with van der Waals surface area (Å²) in [6.07, 6.45) is 1.19. The van der Waals surface area contributed by atoms with Crippen LogP contribution in [0, 0.1) is 0 Å². The zero-order chi connectivity index (χ0) is 9.97. The first-order valence-corrected chi connectivity index (χ1v) is 6.07. The van der Waals surface area contributed by atoms with Crippen LogP contribution in [0.2, 0.25) is 0 Å². The number of fused-ring (bicyclic) bond motifs is 1. The number of nitrogens with zero attached hydrogens (tertiary/aromatic N) is 1. The van der Waals surface area contributed by atoms with E-state index in [9.17, 15) is 0 Å². The summed E-state index contributed by atoms with van der Waals surface area (Å²) < 4.78 is 0. The first kappa shape index (κ1) is 9.71. The third-order valence-electron chi connectivity index (χ3n) is 2.44. The van der Waals surface area contributed by atoms with E-state index in [1.165, 1.54) is 22.8 Å². The lowest BCUT2D eigenvalue weighted by Gasteiger charge is -2.30. The second-order valence-electron chi connectivity index (χ2n) is 3.56. The van der Waals surface area contributed by atoms with Crippen LogP contribution >= 0.6 is 11.8 Å². The third kappa shape index (κ3) is 1.82. The molecule has 0 fully saturated rings. The highest BCUT2D eigenvalue weighted by Crippen LogP contribution is 2.35.